The van der Waals surface area contributed by atoms with Gasteiger partial charge in [0.15, 0.2) is 5.82 Å². The van der Waals surface area contributed by atoms with Crippen LogP contribution in [0.25, 0.3) is 11.5 Å². The Kier molecular flexibility index (Phi) is 4.88. The van der Waals surface area contributed by atoms with Gasteiger partial charge in [0.2, 0.25) is 0 Å². The van der Waals surface area contributed by atoms with Crippen LogP contribution in [-0.4, -0.2) is 44.0 Å². The lowest BCUT2D eigenvalue weighted by Crippen LogP contribution is -2.42. The summed E-state index contributed by atoms with van der Waals surface area (Å²) in [5, 5.41) is 0. The highest BCUT2D eigenvalue weighted by Gasteiger charge is 2.26. The van der Waals surface area contributed by atoms with Gasteiger partial charge in [0, 0.05) is 24.6 Å². The zero-order valence-electron chi connectivity index (χ0n) is 14.3. The molecule has 0 spiro atoms. The summed E-state index contributed by atoms with van der Waals surface area (Å²) < 4.78 is 0. The summed E-state index contributed by atoms with van der Waals surface area (Å²) in [5.74, 6) is 1.54. The van der Waals surface area contributed by atoms with Gasteiger partial charge in [-0.1, -0.05) is 19.3 Å². The topological polar surface area (TPSA) is 57.7 Å². The number of hydrogen-bond acceptors (Lipinski definition) is 4. The van der Waals surface area contributed by atoms with Crippen LogP contribution in [0, 0.1) is 5.92 Å². The summed E-state index contributed by atoms with van der Waals surface area (Å²) in [7, 11) is 0. The van der Waals surface area contributed by atoms with Crippen LogP contribution in [0.4, 0.5) is 0 Å². The smallest absolute Gasteiger partial charge is 0.157 e. The van der Waals surface area contributed by atoms with Crippen LogP contribution in [-0.2, 0) is 6.42 Å². The number of likely N-dealkylation sites (tertiary alicyclic amines) is 1. The van der Waals surface area contributed by atoms with Crippen LogP contribution < -0.4 is 0 Å². The van der Waals surface area contributed by atoms with Crippen molar-refractivity contribution in [2.45, 2.75) is 57.4 Å². The first-order valence-corrected chi connectivity index (χ1v) is 9.43. The minimum atomic E-state index is 0.758. The molecule has 0 unspecified atom stereocenters. The second kappa shape index (κ2) is 7.43. The van der Waals surface area contributed by atoms with Gasteiger partial charge >= 0.3 is 0 Å². The molecule has 5 nitrogen and oxygen atoms in total. The van der Waals surface area contributed by atoms with Crippen molar-refractivity contribution in [1.82, 2.24) is 24.8 Å². The minimum absolute atomic E-state index is 0.758. The molecule has 0 bridgehead atoms. The molecule has 1 saturated carbocycles. The maximum Gasteiger partial charge on any atom is 0.157 e. The van der Waals surface area contributed by atoms with E-state index in [0.29, 0.717) is 0 Å². The van der Waals surface area contributed by atoms with Gasteiger partial charge in [-0.3, -0.25) is 4.98 Å². The van der Waals surface area contributed by atoms with Gasteiger partial charge < -0.3 is 9.88 Å². The summed E-state index contributed by atoms with van der Waals surface area (Å²) in [6.45, 7) is 2.54. The molecule has 0 amide bonds. The Morgan fingerprint density at radius 2 is 1.79 bits per heavy atom. The van der Waals surface area contributed by atoms with Crippen LogP contribution in [0.5, 0.6) is 0 Å². The quantitative estimate of drug-likeness (QED) is 0.935. The average Bonchev–Trinajstić information content (AvgIpc) is 3.18. The minimum Gasteiger partial charge on any atom is -0.343 e. The predicted molar refractivity (Wildman–Crippen MR) is 94.5 cm³/mol. The fraction of sp³-hybridized carbons (Fsp3) is 0.632. The Morgan fingerprint density at radius 3 is 2.46 bits per heavy atom. The van der Waals surface area contributed by atoms with Crippen molar-refractivity contribution in [2.24, 2.45) is 5.92 Å². The molecular weight excluding hydrogens is 298 g/mol. The first-order chi connectivity index (χ1) is 11.9. The molecule has 128 valence electrons. The highest BCUT2D eigenvalue weighted by Crippen LogP contribution is 2.28. The number of aromatic amines is 1. The lowest BCUT2D eigenvalue weighted by Gasteiger charge is -2.39. The molecule has 2 fully saturated rings. The molecule has 2 aliphatic rings. The van der Waals surface area contributed by atoms with Crippen LogP contribution in [0.3, 0.4) is 0 Å². The maximum atomic E-state index is 4.60. The molecule has 2 aromatic rings. The Bertz CT molecular complexity index is 608. The molecule has 4 rings (SSSR count). The Morgan fingerprint density at radius 1 is 0.958 bits per heavy atom. The molecule has 0 radical (unpaired) electrons. The van der Waals surface area contributed by atoms with E-state index in [1.54, 1.807) is 6.20 Å². The van der Waals surface area contributed by atoms with E-state index in [0.717, 1.165) is 35.6 Å². The molecule has 24 heavy (non-hydrogen) atoms. The van der Waals surface area contributed by atoms with E-state index in [-0.39, 0.29) is 0 Å². The number of nitrogens with one attached hydrogen (secondary N) is 1. The summed E-state index contributed by atoms with van der Waals surface area (Å²) in [6, 6.07) is 0.868. The molecule has 0 aromatic carbocycles. The number of rotatable bonds is 4. The third-order valence-electron chi connectivity index (χ3n) is 5.68. The molecule has 5 heteroatoms. The third-order valence-corrected chi connectivity index (χ3v) is 5.68. The van der Waals surface area contributed by atoms with E-state index in [1.165, 1.54) is 58.0 Å². The molecular formula is C19H27N5. The summed E-state index contributed by atoms with van der Waals surface area (Å²) >= 11 is 0. The Hall–Kier alpha value is -1.75. The van der Waals surface area contributed by atoms with Crippen LogP contribution in [0.1, 0.15) is 50.6 Å². The first-order valence-electron chi connectivity index (χ1n) is 9.43. The molecule has 1 N–H and O–H groups in total. The van der Waals surface area contributed by atoms with Gasteiger partial charge in [-0.2, -0.15) is 0 Å². The molecule has 1 saturated heterocycles. The monoisotopic (exact) mass is 325 g/mol. The van der Waals surface area contributed by atoms with E-state index >= 15 is 0 Å². The summed E-state index contributed by atoms with van der Waals surface area (Å²) in [4.78, 5) is 19.2. The fourth-order valence-electron chi connectivity index (χ4n) is 4.25. The van der Waals surface area contributed by atoms with Crippen molar-refractivity contribution in [1.29, 1.82) is 0 Å². The first kappa shape index (κ1) is 15.8. The number of H-pyrrole nitrogens is 1. The zero-order valence-corrected chi connectivity index (χ0v) is 14.3. The van der Waals surface area contributed by atoms with Crippen LogP contribution >= 0.6 is 0 Å². The van der Waals surface area contributed by atoms with Gasteiger partial charge in [0.05, 0.1) is 11.9 Å². The Balaban J connectivity index is 1.29. The predicted octanol–water partition coefficient (Wildman–Crippen LogP) is 3.45. The average molecular weight is 325 g/mol. The zero-order chi connectivity index (χ0) is 16.2. The molecule has 1 aliphatic heterocycles. The SMILES string of the molecule is c1c[nH]c(-c2cnc(CC3CCN(C4CCCCC4)CC3)cn2)n1. The van der Waals surface area contributed by atoms with E-state index in [9.17, 15) is 0 Å². The lowest BCUT2D eigenvalue weighted by molar-refractivity contribution is 0.106. The van der Waals surface area contributed by atoms with Gasteiger partial charge in [-0.15, -0.1) is 0 Å². The molecule has 1 aliphatic carbocycles. The second-order valence-corrected chi connectivity index (χ2v) is 7.31. The van der Waals surface area contributed by atoms with Gasteiger partial charge in [-0.05, 0) is 51.1 Å². The van der Waals surface area contributed by atoms with E-state index in [1.807, 2.05) is 18.6 Å². The van der Waals surface area contributed by atoms with Crippen molar-refractivity contribution in [3.05, 3.63) is 30.5 Å². The normalized spacial score (nSPS) is 21.2. The summed E-state index contributed by atoms with van der Waals surface area (Å²) in [5.41, 5.74) is 1.93. The molecule has 3 heterocycles. The van der Waals surface area contributed by atoms with E-state index in [4.69, 9.17) is 0 Å². The standard InChI is InChI=1S/C19H27N5/c1-2-4-17(5-3-1)24-10-6-15(7-11-24)12-16-13-23-18(14-22-16)19-20-8-9-21-19/h8-9,13-15,17H,1-7,10-12H2,(H,20,21). The highest BCUT2D eigenvalue weighted by atomic mass is 15.2. The van der Waals surface area contributed by atoms with Gasteiger partial charge in [0.25, 0.3) is 0 Å². The Labute approximate surface area is 143 Å². The third kappa shape index (κ3) is 3.66. The van der Waals surface area contributed by atoms with Crippen molar-refractivity contribution in [3.63, 3.8) is 0 Å². The number of nitrogens with zero attached hydrogens (tertiary/aromatic N) is 4. The van der Waals surface area contributed by atoms with Crippen molar-refractivity contribution in [2.75, 3.05) is 13.1 Å². The van der Waals surface area contributed by atoms with E-state index < -0.39 is 0 Å². The van der Waals surface area contributed by atoms with Crippen molar-refractivity contribution < 1.29 is 0 Å². The van der Waals surface area contributed by atoms with Crippen molar-refractivity contribution in [3.8, 4) is 11.5 Å². The number of aromatic nitrogens is 4. The maximum absolute atomic E-state index is 4.60. The van der Waals surface area contributed by atoms with Crippen LogP contribution in [0.15, 0.2) is 24.8 Å². The number of piperidine rings is 1. The van der Waals surface area contributed by atoms with E-state index in [2.05, 4.69) is 24.8 Å². The second-order valence-electron chi connectivity index (χ2n) is 7.31. The fourth-order valence-corrected chi connectivity index (χ4v) is 4.25. The van der Waals surface area contributed by atoms with Gasteiger partial charge in [0.1, 0.15) is 5.69 Å². The molecule has 0 atom stereocenters. The molecule has 2 aromatic heterocycles. The number of imidazole rings is 1. The largest absolute Gasteiger partial charge is 0.343 e. The lowest BCUT2D eigenvalue weighted by atomic mass is 9.88. The summed E-state index contributed by atoms with van der Waals surface area (Å²) in [6.07, 6.45) is 18.1. The van der Waals surface area contributed by atoms with Crippen molar-refractivity contribution >= 4 is 0 Å². The van der Waals surface area contributed by atoms with Gasteiger partial charge in [-0.25, -0.2) is 9.97 Å². The van der Waals surface area contributed by atoms with Crippen LogP contribution in [0.2, 0.25) is 0 Å². The highest BCUT2D eigenvalue weighted by molar-refractivity contribution is 5.46. The number of hydrogen-bond donors (Lipinski definition) is 1.